The second-order valence-electron chi connectivity index (χ2n) is 5.55. The Bertz CT molecular complexity index is 1030. The number of anilines is 1. The van der Waals surface area contributed by atoms with E-state index < -0.39 is 11.9 Å². The highest BCUT2D eigenvalue weighted by atomic mass is 32.1. The molecule has 2 aromatic heterocycles. The van der Waals surface area contributed by atoms with Crippen LogP contribution in [0.5, 0.6) is 0 Å². The molecule has 7 nitrogen and oxygen atoms in total. The lowest BCUT2D eigenvalue weighted by molar-refractivity contribution is 0.0606. The van der Waals surface area contributed by atoms with Crippen LogP contribution in [0.1, 0.15) is 25.0 Å². The molecule has 0 saturated heterocycles. The first-order valence-corrected chi connectivity index (χ1v) is 8.59. The number of ether oxygens (including phenoxy) is 1. The van der Waals surface area contributed by atoms with Gasteiger partial charge in [0.15, 0.2) is 0 Å². The zero-order valence-electron chi connectivity index (χ0n) is 14.5. The first-order valence-electron chi connectivity index (χ1n) is 7.77. The molecule has 0 aliphatic heterocycles. The Morgan fingerprint density at radius 1 is 1.08 bits per heavy atom. The van der Waals surface area contributed by atoms with Crippen molar-refractivity contribution in [2.75, 3.05) is 12.4 Å². The molecule has 0 spiro atoms. The molecule has 0 unspecified atom stereocenters. The van der Waals surface area contributed by atoms with Gasteiger partial charge in [0.1, 0.15) is 10.6 Å². The lowest BCUT2D eigenvalue weighted by Gasteiger charge is -2.07. The number of hydrogen-bond acceptors (Lipinski definition) is 5. The van der Waals surface area contributed by atoms with Gasteiger partial charge in [0.25, 0.3) is 11.5 Å². The molecular formula is C18H17N3O4S. The maximum Gasteiger partial charge on any atom is 0.348 e. The summed E-state index contributed by atoms with van der Waals surface area (Å²) in [5.41, 5.74) is 1.20. The summed E-state index contributed by atoms with van der Waals surface area (Å²) in [6, 6.07) is 12.2. The van der Waals surface area contributed by atoms with Crippen molar-refractivity contribution in [2.45, 2.75) is 6.92 Å². The molecule has 1 aromatic carbocycles. The van der Waals surface area contributed by atoms with E-state index in [2.05, 4.69) is 10.1 Å². The second-order valence-corrected chi connectivity index (χ2v) is 6.63. The van der Waals surface area contributed by atoms with E-state index in [1.165, 1.54) is 23.9 Å². The topological polar surface area (TPSA) is 82.3 Å². The maximum absolute atomic E-state index is 12.8. The van der Waals surface area contributed by atoms with Crippen LogP contribution in [0.15, 0.2) is 47.3 Å². The molecule has 0 aliphatic rings. The van der Waals surface area contributed by atoms with Crippen molar-refractivity contribution in [2.24, 2.45) is 7.05 Å². The molecule has 3 aromatic rings. The van der Waals surface area contributed by atoms with E-state index in [9.17, 15) is 14.4 Å². The van der Waals surface area contributed by atoms with E-state index in [1.54, 1.807) is 18.7 Å². The molecule has 0 radical (unpaired) electrons. The fraction of sp³-hybridized carbons (Fsp3) is 0.167. The minimum absolute atomic E-state index is 0.203. The number of hydrogen-bond donors (Lipinski definition) is 1. The summed E-state index contributed by atoms with van der Waals surface area (Å²) < 4.78 is 7.80. The number of nitrogens with one attached hydrogen (secondary N) is 1. The monoisotopic (exact) mass is 371 g/mol. The highest BCUT2D eigenvalue weighted by molar-refractivity contribution is 7.16. The standard InChI is InChI=1S/C18H17N3O4S/c1-11-15(17(23)21(20(11)2)12-7-5-4-6-8-12)19-16(22)13-9-10-14(26-13)18(24)25-3/h4-10H,1-3H3,(H,19,22). The molecular weight excluding hydrogens is 354 g/mol. The van der Waals surface area contributed by atoms with Gasteiger partial charge < -0.3 is 10.1 Å². The highest BCUT2D eigenvalue weighted by Crippen LogP contribution is 2.20. The van der Waals surface area contributed by atoms with Crippen LogP contribution in [0, 0.1) is 6.92 Å². The number of nitrogens with zero attached hydrogens (tertiary/aromatic N) is 2. The zero-order chi connectivity index (χ0) is 18.8. The summed E-state index contributed by atoms with van der Waals surface area (Å²) >= 11 is 1.01. The first kappa shape index (κ1) is 17.7. The SMILES string of the molecule is COC(=O)c1ccc(C(=O)Nc2c(C)n(C)n(-c3ccccc3)c2=O)s1. The number of methoxy groups -OCH3 is 1. The van der Waals surface area contributed by atoms with Crippen LogP contribution >= 0.6 is 11.3 Å². The number of rotatable bonds is 4. The number of thiophene rings is 1. The van der Waals surface area contributed by atoms with Gasteiger partial charge in [-0.15, -0.1) is 11.3 Å². The normalized spacial score (nSPS) is 10.6. The molecule has 0 fully saturated rings. The van der Waals surface area contributed by atoms with Crippen LogP contribution in [0.3, 0.4) is 0 Å². The number of esters is 1. The Balaban J connectivity index is 1.93. The summed E-state index contributed by atoms with van der Waals surface area (Å²) in [5.74, 6) is -0.951. The largest absolute Gasteiger partial charge is 0.465 e. The minimum atomic E-state index is -0.503. The van der Waals surface area contributed by atoms with E-state index in [1.807, 2.05) is 30.3 Å². The van der Waals surface area contributed by atoms with Crippen LogP contribution < -0.4 is 10.9 Å². The van der Waals surface area contributed by atoms with Crippen molar-refractivity contribution in [1.29, 1.82) is 0 Å². The molecule has 3 rings (SSSR count). The maximum atomic E-state index is 12.8. The number of carbonyl (C=O) groups excluding carboxylic acids is 2. The molecule has 8 heteroatoms. The van der Waals surface area contributed by atoms with Gasteiger partial charge in [0.05, 0.1) is 23.4 Å². The molecule has 0 saturated carbocycles. The molecule has 0 aliphatic carbocycles. The average Bonchev–Trinajstić information content (AvgIpc) is 3.22. The van der Waals surface area contributed by atoms with Gasteiger partial charge in [-0.25, -0.2) is 9.48 Å². The third-order valence-corrected chi connectivity index (χ3v) is 5.07. The van der Waals surface area contributed by atoms with Crippen LogP contribution in [0.25, 0.3) is 5.69 Å². The van der Waals surface area contributed by atoms with Crippen molar-refractivity contribution >= 4 is 28.9 Å². The van der Waals surface area contributed by atoms with E-state index in [4.69, 9.17) is 0 Å². The van der Waals surface area contributed by atoms with Gasteiger partial charge in [0.2, 0.25) is 0 Å². The average molecular weight is 371 g/mol. The number of benzene rings is 1. The fourth-order valence-electron chi connectivity index (χ4n) is 2.56. The lowest BCUT2D eigenvalue weighted by Crippen LogP contribution is -2.22. The summed E-state index contributed by atoms with van der Waals surface area (Å²) in [4.78, 5) is 37.4. The van der Waals surface area contributed by atoms with E-state index >= 15 is 0 Å². The van der Waals surface area contributed by atoms with Gasteiger partial charge in [-0.3, -0.25) is 14.3 Å². The van der Waals surface area contributed by atoms with Gasteiger partial charge in [0, 0.05) is 7.05 Å². The summed E-state index contributed by atoms with van der Waals surface area (Å²) in [6.45, 7) is 1.75. The Labute approximate surface area is 153 Å². The van der Waals surface area contributed by atoms with Crippen molar-refractivity contribution in [3.63, 3.8) is 0 Å². The van der Waals surface area contributed by atoms with Gasteiger partial charge in [-0.1, -0.05) is 18.2 Å². The van der Waals surface area contributed by atoms with Gasteiger partial charge in [-0.2, -0.15) is 0 Å². The summed E-state index contributed by atoms with van der Waals surface area (Å²) in [6.07, 6.45) is 0. The highest BCUT2D eigenvalue weighted by Gasteiger charge is 2.20. The fourth-order valence-corrected chi connectivity index (χ4v) is 3.38. The lowest BCUT2D eigenvalue weighted by atomic mass is 10.3. The van der Waals surface area contributed by atoms with E-state index in [0.717, 1.165) is 11.3 Å². The van der Waals surface area contributed by atoms with Gasteiger partial charge in [-0.05, 0) is 31.2 Å². The molecule has 1 N–H and O–H groups in total. The Morgan fingerprint density at radius 3 is 2.38 bits per heavy atom. The van der Waals surface area contributed by atoms with E-state index in [0.29, 0.717) is 21.1 Å². The molecule has 134 valence electrons. The minimum Gasteiger partial charge on any atom is -0.465 e. The Morgan fingerprint density at radius 2 is 1.73 bits per heavy atom. The summed E-state index contributed by atoms with van der Waals surface area (Å²) in [5, 5.41) is 2.66. The molecule has 0 bridgehead atoms. The predicted molar refractivity (Wildman–Crippen MR) is 99.4 cm³/mol. The van der Waals surface area contributed by atoms with Crippen molar-refractivity contribution in [3.8, 4) is 5.69 Å². The third kappa shape index (κ3) is 3.06. The van der Waals surface area contributed by atoms with E-state index in [-0.39, 0.29) is 11.2 Å². The van der Waals surface area contributed by atoms with Crippen LogP contribution in [0.4, 0.5) is 5.69 Å². The number of amides is 1. The predicted octanol–water partition coefficient (Wildman–Crippen LogP) is 2.58. The number of carbonyl (C=O) groups is 2. The van der Waals surface area contributed by atoms with Crippen LogP contribution in [-0.2, 0) is 11.8 Å². The summed E-state index contributed by atoms with van der Waals surface area (Å²) in [7, 11) is 3.03. The Kier molecular flexibility index (Phi) is 4.77. The zero-order valence-corrected chi connectivity index (χ0v) is 15.3. The van der Waals surface area contributed by atoms with Crippen molar-refractivity contribution < 1.29 is 14.3 Å². The number of para-hydroxylation sites is 1. The Hall–Kier alpha value is -3.13. The molecule has 2 heterocycles. The third-order valence-electron chi connectivity index (χ3n) is 4.01. The number of aromatic nitrogens is 2. The molecule has 26 heavy (non-hydrogen) atoms. The smallest absolute Gasteiger partial charge is 0.348 e. The van der Waals surface area contributed by atoms with Gasteiger partial charge >= 0.3 is 5.97 Å². The van der Waals surface area contributed by atoms with Crippen molar-refractivity contribution in [1.82, 2.24) is 9.36 Å². The molecule has 0 atom stereocenters. The van der Waals surface area contributed by atoms with Crippen LogP contribution in [-0.4, -0.2) is 28.3 Å². The second kappa shape index (κ2) is 7.01. The first-order chi connectivity index (χ1) is 12.4. The quantitative estimate of drug-likeness (QED) is 0.715. The van der Waals surface area contributed by atoms with Crippen molar-refractivity contribution in [3.05, 3.63) is 68.3 Å². The molecule has 1 amide bonds. The van der Waals surface area contributed by atoms with Crippen LogP contribution in [0.2, 0.25) is 0 Å².